The number of pyridine rings is 1. The second-order valence-corrected chi connectivity index (χ2v) is 4.04. The molecule has 2 nitrogen and oxygen atoms in total. The number of hydrogen-bond acceptors (Lipinski definition) is 2. The average molecular weight is 248 g/mol. The summed E-state index contributed by atoms with van der Waals surface area (Å²) in [4.78, 5) is 3.93. The second kappa shape index (κ2) is 5.69. The van der Waals surface area contributed by atoms with Gasteiger partial charge in [0.15, 0.2) is 0 Å². The lowest BCUT2D eigenvalue weighted by Gasteiger charge is -2.17. The van der Waals surface area contributed by atoms with Crippen molar-refractivity contribution in [3.63, 3.8) is 0 Å². The normalized spacial score (nSPS) is 11.4. The fourth-order valence-corrected chi connectivity index (χ4v) is 1.65. The van der Waals surface area contributed by atoms with Crippen LogP contribution in [0.4, 0.5) is 8.78 Å². The predicted molar refractivity (Wildman–Crippen MR) is 66.3 cm³/mol. The summed E-state index contributed by atoms with van der Waals surface area (Å²) < 4.78 is 27.6. The Morgan fingerprint density at radius 3 is 2.50 bits per heavy atom. The van der Waals surface area contributed by atoms with Crippen molar-refractivity contribution in [1.82, 2.24) is 10.3 Å². The molecule has 0 aliphatic carbocycles. The van der Waals surface area contributed by atoms with E-state index < -0.39 is 5.92 Å². The van der Waals surface area contributed by atoms with Gasteiger partial charge in [-0.15, -0.1) is 0 Å². The molecule has 0 fully saturated rings. The second-order valence-electron chi connectivity index (χ2n) is 4.04. The number of rotatable bonds is 5. The smallest absolute Gasteiger partial charge is 0.285 e. The van der Waals surface area contributed by atoms with Crippen molar-refractivity contribution in [1.29, 1.82) is 0 Å². The van der Waals surface area contributed by atoms with E-state index in [0.717, 1.165) is 5.56 Å². The summed E-state index contributed by atoms with van der Waals surface area (Å²) in [5.74, 6) is -2.86. The van der Waals surface area contributed by atoms with Gasteiger partial charge >= 0.3 is 0 Å². The third-order valence-corrected chi connectivity index (χ3v) is 2.60. The third-order valence-electron chi connectivity index (χ3n) is 2.60. The van der Waals surface area contributed by atoms with Crippen molar-refractivity contribution in [2.75, 3.05) is 6.54 Å². The molecule has 0 unspecified atom stereocenters. The van der Waals surface area contributed by atoms with Crippen molar-refractivity contribution in [2.24, 2.45) is 0 Å². The summed E-state index contributed by atoms with van der Waals surface area (Å²) in [5, 5.41) is 2.75. The molecule has 1 N–H and O–H groups in total. The zero-order valence-electron chi connectivity index (χ0n) is 9.81. The lowest BCUT2D eigenvalue weighted by atomic mass is 10.1. The number of hydrogen-bond donors (Lipinski definition) is 1. The maximum atomic E-state index is 13.8. The highest BCUT2D eigenvalue weighted by Gasteiger charge is 2.30. The molecular weight excluding hydrogens is 234 g/mol. The summed E-state index contributed by atoms with van der Waals surface area (Å²) in [6.45, 7) is 0.00215. The molecule has 0 bridgehead atoms. The maximum Gasteiger partial charge on any atom is 0.285 e. The topological polar surface area (TPSA) is 24.9 Å². The van der Waals surface area contributed by atoms with Crippen LogP contribution < -0.4 is 5.32 Å². The van der Waals surface area contributed by atoms with Crippen LogP contribution in [0.5, 0.6) is 0 Å². The van der Waals surface area contributed by atoms with E-state index in [0.29, 0.717) is 6.54 Å². The van der Waals surface area contributed by atoms with Crippen LogP contribution in [0.3, 0.4) is 0 Å². The van der Waals surface area contributed by atoms with Crippen LogP contribution in [0.2, 0.25) is 0 Å². The van der Waals surface area contributed by atoms with Crippen molar-refractivity contribution in [2.45, 2.75) is 12.5 Å². The fraction of sp³-hybridized carbons (Fsp3) is 0.214. The maximum absolute atomic E-state index is 13.8. The van der Waals surface area contributed by atoms with E-state index in [1.165, 1.54) is 12.1 Å². The molecule has 4 heteroatoms. The van der Waals surface area contributed by atoms with Gasteiger partial charge in [0.05, 0.1) is 6.54 Å². The number of benzene rings is 1. The number of aromatic nitrogens is 1. The first kappa shape index (κ1) is 12.6. The van der Waals surface area contributed by atoms with Gasteiger partial charge in [0.25, 0.3) is 5.92 Å². The third kappa shape index (κ3) is 3.34. The molecule has 94 valence electrons. The molecule has 0 saturated carbocycles. The van der Waals surface area contributed by atoms with Gasteiger partial charge in [-0.25, -0.2) is 0 Å². The Morgan fingerprint density at radius 1 is 1.06 bits per heavy atom. The highest BCUT2D eigenvalue weighted by atomic mass is 19.3. The number of nitrogens with one attached hydrogen (secondary N) is 1. The molecule has 2 rings (SSSR count). The van der Waals surface area contributed by atoms with Crippen molar-refractivity contribution in [3.8, 4) is 0 Å². The van der Waals surface area contributed by atoms with Crippen molar-refractivity contribution >= 4 is 0 Å². The van der Waals surface area contributed by atoms with Gasteiger partial charge in [0, 0.05) is 24.5 Å². The number of alkyl halides is 2. The van der Waals surface area contributed by atoms with E-state index in [2.05, 4.69) is 10.3 Å². The first-order valence-corrected chi connectivity index (χ1v) is 5.71. The van der Waals surface area contributed by atoms with Gasteiger partial charge in [-0.05, 0) is 11.6 Å². The lowest BCUT2D eigenvalue weighted by molar-refractivity contribution is -0.00343. The van der Waals surface area contributed by atoms with Crippen LogP contribution in [-0.4, -0.2) is 11.5 Å². The van der Waals surface area contributed by atoms with Gasteiger partial charge in [-0.3, -0.25) is 4.98 Å². The summed E-state index contributed by atoms with van der Waals surface area (Å²) in [6, 6.07) is 11.5. The minimum absolute atomic E-state index is 0.0312. The summed E-state index contributed by atoms with van der Waals surface area (Å²) in [7, 11) is 0. The Morgan fingerprint density at radius 2 is 1.83 bits per heavy atom. The average Bonchev–Trinajstić information content (AvgIpc) is 2.41. The fourth-order valence-electron chi connectivity index (χ4n) is 1.65. The zero-order valence-corrected chi connectivity index (χ0v) is 9.81. The first-order valence-electron chi connectivity index (χ1n) is 5.71. The van der Waals surface area contributed by atoms with Gasteiger partial charge in [0.1, 0.15) is 0 Å². The van der Waals surface area contributed by atoms with Crippen LogP contribution in [0.1, 0.15) is 11.1 Å². The van der Waals surface area contributed by atoms with Gasteiger partial charge in [-0.2, -0.15) is 8.78 Å². The van der Waals surface area contributed by atoms with E-state index in [9.17, 15) is 8.78 Å². The van der Waals surface area contributed by atoms with Gasteiger partial charge in [-0.1, -0.05) is 36.4 Å². The molecule has 0 atom stereocenters. The first-order chi connectivity index (χ1) is 8.68. The van der Waals surface area contributed by atoms with Crippen LogP contribution in [0, 0.1) is 0 Å². The van der Waals surface area contributed by atoms with Crippen LogP contribution >= 0.6 is 0 Å². The van der Waals surface area contributed by atoms with E-state index in [1.807, 2.05) is 6.07 Å². The highest BCUT2D eigenvalue weighted by Crippen LogP contribution is 2.26. The molecule has 1 heterocycles. The Hall–Kier alpha value is -1.81. The van der Waals surface area contributed by atoms with Gasteiger partial charge < -0.3 is 5.32 Å². The van der Waals surface area contributed by atoms with E-state index in [-0.39, 0.29) is 12.1 Å². The molecular formula is C14H14F2N2. The van der Waals surface area contributed by atoms with Crippen LogP contribution in [-0.2, 0) is 12.5 Å². The highest BCUT2D eigenvalue weighted by molar-refractivity contribution is 5.20. The summed E-state index contributed by atoms with van der Waals surface area (Å²) in [5.41, 5.74) is 0.921. The standard InChI is InChI=1S/C14H14F2N2/c15-14(16,13-6-2-1-3-7-13)11-18-10-12-5-4-8-17-9-12/h1-9,18H,10-11H2. The Bertz CT molecular complexity index is 472. The molecule has 0 saturated heterocycles. The summed E-state index contributed by atoms with van der Waals surface area (Å²) >= 11 is 0. The van der Waals surface area contributed by atoms with E-state index in [1.54, 1.807) is 36.7 Å². The minimum atomic E-state index is -2.86. The quantitative estimate of drug-likeness (QED) is 0.880. The van der Waals surface area contributed by atoms with Crippen LogP contribution in [0.25, 0.3) is 0 Å². The van der Waals surface area contributed by atoms with E-state index >= 15 is 0 Å². The Labute approximate surface area is 105 Å². The summed E-state index contributed by atoms with van der Waals surface area (Å²) in [6.07, 6.45) is 3.32. The van der Waals surface area contributed by atoms with E-state index in [4.69, 9.17) is 0 Å². The Balaban J connectivity index is 1.90. The largest absolute Gasteiger partial charge is 0.307 e. The molecule has 0 spiro atoms. The molecule has 18 heavy (non-hydrogen) atoms. The molecule has 0 aliphatic heterocycles. The van der Waals surface area contributed by atoms with Crippen LogP contribution in [0.15, 0.2) is 54.9 Å². The van der Waals surface area contributed by atoms with Crippen molar-refractivity contribution in [3.05, 3.63) is 66.0 Å². The van der Waals surface area contributed by atoms with Crippen molar-refractivity contribution < 1.29 is 8.78 Å². The minimum Gasteiger partial charge on any atom is -0.307 e. The lowest BCUT2D eigenvalue weighted by Crippen LogP contribution is -2.30. The number of nitrogens with zero attached hydrogens (tertiary/aromatic N) is 1. The zero-order chi connectivity index (χ0) is 12.8. The SMILES string of the molecule is FC(F)(CNCc1cccnc1)c1ccccc1. The van der Waals surface area contributed by atoms with Gasteiger partial charge in [0.2, 0.25) is 0 Å². The molecule has 2 aromatic rings. The molecule has 1 aromatic heterocycles. The number of halogens is 2. The molecule has 0 amide bonds. The predicted octanol–water partition coefficient (Wildman–Crippen LogP) is 2.96. The molecule has 1 aromatic carbocycles. The molecule has 0 aliphatic rings. The Kier molecular flexibility index (Phi) is 3.99. The monoisotopic (exact) mass is 248 g/mol. The molecule has 0 radical (unpaired) electrons.